The fourth-order valence-corrected chi connectivity index (χ4v) is 2.39. The minimum Gasteiger partial charge on any atom is -0.345 e. The summed E-state index contributed by atoms with van der Waals surface area (Å²) in [5.74, 6) is -0.162. The van der Waals surface area contributed by atoms with Gasteiger partial charge in [-0.15, -0.1) is 0 Å². The van der Waals surface area contributed by atoms with Crippen molar-refractivity contribution in [2.75, 3.05) is 0 Å². The maximum absolute atomic E-state index is 12.3. The quantitative estimate of drug-likeness (QED) is 0.884. The number of hydrogen-bond acceptors (Lipinski definition) is 3. The predicted octanol–water partition coefficient (Wildman–Crippen LogP) is 2.83. The lowest BCUT2D eigenvalue weighted by atomic mass is 10.1. The molecule has 0 spiro atoms. The van der Waals surface area contributed by atoms with Gasteiger partial charge in [-0.05, 0) is 32.4 Å². The molecule has 21 heavy (non-hydrogen) atoms. The number of aryl methyl sites for hydroxylation is 2. The molecule has 2 heterocycles. The molecule has 2 rings (SSSR count). The number of rotatable bonds is 4. The highest BCUT2D eigenvalue weighted by Crippen LogP contribution is 2.18. The van der Waals surface area contributed by atoms with Gasteiger partial charge in [0.15, 0.2) is 0 Å². The molecular weight excluding hydrogens is 288 g/mol. The van der Waals surface area contributed by atoms with Crippen molar-refractivity contribution in [3.05, 3.63) is 46.0 Å². The van der Waals surface area contributed by atoms with E-state index in [1.807, 2.05) is 27.8 Å². The summed E-state index contributed by atoms with van der Waals surface area (Å²) in [5.41, 5.74) is 3.37. The molecule has 6 heteroatoms. The van der Waals surface area contributed by atoms with E-state index in [4.69, 9.17) is 11.6 Å². The van der Waals surface area contributed by atoms with Crippen molar-refractivity contribution in [2.24, 2.45) is 7.05 Å². The Kier molecular flexibility index (Phi) is 4.63. The lowest BCUT2D eigenvalue weighted by molar-refractivity contribution is 0.0939. The number of amides is 1. The van der Waals surface area contributed by atoms with Gasteiger partial charge in [-0.25, -0.2) is 4.98 Å². The Morgan fingerprint density at radius 1 is 1.48 bits per heavy atom. The molecule has 0 aliphatic rings. The first-order valence-electron chi connectivity index (χ1n) is 6.88. The van der Waals surface area contributed by atoms with Crippen molar-refractivity contribution in [3.63, 3.8) is 0 Å². The van der Waals surface area contributed by atoms with Crippen LogP contribution in [0.3, 0.4) is 0 Å². The molecule has 0 aliphatic carbocycles. The van der Waals surface area contributed by atoms with Gasteiger partial charge in [0.1, 0.15) is 5.15 Å². The number of carbonyl (C=O) groups is 1. The molecule has 0 aromatic carbocycles. The summed E-state index contributed by atoms with van der Waals surface area (Å²) >= 11 is 5.95. The molecule has 1 amide bonds. The number of pyridine rings is 1. The zero-order valence-electron chi connectivity index (χ0n) is 12.6. The van der Waals surface area contributed by atoms with Crippen LogP contribution in [-0.2, 0) is 13.5 Å². The lowest BCUT2D eigenvalue weighted by Gasteiger charge is -2.14. The van der Waals surface area contributed by atoms with Gasteiger partial charge < -0.3 is 5.32 Å². The first-order valence-corrected chi connectivity index (χ1v) is 7.26. The van der Waals surface area contributed by atoms with Crippen LogP contribution in [0.2, 0.25) is 5.15 Å². The van der Waals surface area contributed by atoms with Crippen LogP contribution in [-0.4, -0.2) is 20.7 Å². The van der Waals surface area contributed by atoms with Crippen LogP contribution in [0, 0.1) is 6.92 Å². The number of carbonyl (C=O) groups excluding carboxylic acids is 1. The number of hydrogen-bond donors (Lipinski definition) is 1. The summed E-state index contributed by atoms with van der Waals surface area (Å²) < 4.78 is 1.79. The Morgan fingerprint density at radius 2 is 2.19 bits per heavy atom. The zero-order valence-corrected chi connectivity index (χ0v) is 13.4. The molecule has 5 nitrogen and oxygen atoms in total. The van der Waals surface area contributed by atoms with Crippen LogP contribution in [0.25, 0.3) is 0 Å². The van der Waals surface area contributed by atoms with E-state index >= 15 is 0 Å². The minimum atomic E-state index is -0.162. The van der Waals surface area contributed by atoms with Crippen LogP contribution >= 0.6 is 11.6 Å². The van der Waals surface area contributed by atoms with E-state index in [2.05, 4.69) is 15.4 Å². The molecular formula is C15H19ClN4O. The van der Waals surface area contributed by atoms with E-state index in [1.54, 1.807) is 23.0 Å². The number of aromatic nitrogens is 3. The van der Waals surface area contributed by atoms with Crippen LogP contribution in [0.1, 0.15) is 47.2 Å². The van der Waals surface area contributed by atoms with Crippen molar-refractivity contribution < 1.29 is 4.79 Å². The van der Waals surface area contributed by atoms with Gasteiger partial charge in [-0.1, -0.05) is 18.5 Å². The average molecular weight is 307 g/mol. The third-order valence-electron chi connectivity index (χ3n) is 3.56. The van der Waals surface area contributed by atoms with Crippen molar-refractivity contribution in [2.45, 2.75) is 33.2 Å². The van der Waals surface area contributed by atoms with Crippen molar-refractivity contribution in [3.8, 4) is 0 Å². The molecule has 2 aromatic rings. The SMILES string of the molecule is CCc1cc(C(=O)NC(C)c2cnn(C)c2C)cc(Cl)n1. The maximum Gasteiger partial charge on any atom is 0.251 e. The summed E-state index contributed by atoms with van der Waals surface area (Å²) in [4.78, 5) is 16.5. The molecule has 0 aliphatic heterocycles. The largest absolute Gasteiger partial charge is 0.345 e. The van der Waals surface area contributed by atoms with Crippen molar-refractivity contribution in [1.29, 1.82) is 0 Å². The number of nitrogens with zero attached hydrogens (tertiary/aromatic N) is 3. The Labute approximate surface area is 129 Å². The highest BCUT2D eigenvalue weighted by molar-refractivity contribution is 6.29. The first kappa shape index (κ1) is 15.5. The smallest absolute Gasteiger partial charge is 0.251 e. The van der Waals surface area contributed by atoms with Gasteiger partial charge in [0, 0.05) is 29.6 Å². The van der Waals surface area contributed by atoms with Crippen LogP contribution in [0.15, 0.2) is 18.3 Å². The molecule has 1 unspecified atom stereocenters. The molecule has 0 saturated heterocycles. The summed E-state index contributed by atoms with van der Waals surface area (Å²) in [6, 6.07) is 3.23. The zero-order chi connectivity index (χ0) is 15.6. The lowest BCUT2D eigenvalue weighted by Crippen LogP contribution is -2.27. The molecule has 0 fully saturated rings. The molecule has 0 saturated carbocycles. The maximum atomic E-state index is 12.3. The van der Waals surface area contributed by atoms with E-state index in [0.29, 0.717) is 10.7 Å². The summed E-state index contributed by atoms with van der Waals surface area (Å²) in [7, 11) is 1.88. The molecule has 112 valence electrons. The fourth-order valence-electron chi connectivity index (χ4n) is 2.16. The van der Waals surface area contributed by atoms with E-state index in [0.717, 1.165) is 23.4 Å². The average Bonchev–Trinajstić information content (AvgIpc) is 2.78. The molecule has 1 atom stereocenters. The number of halogens is 1. The van der Waals surface area contributed by atoms with E-state index in [9.17, 15) is 4.79 Å². The van der Waals surface area contributed by atoms with Crippen LogP contribution in [0.4, 0.5) is 0 Å². The summed E-state index contributed by atoms with van der Waals surface area (Å²) in [5, 5.41) is 7.50. The van der Waals surface area contributed by atoms with Crippen molar-refractivity contribution in [1.82, 2.24) is 20.1 Å². The Bertz CT molecular complexity index is 666. The third kappa shape index (κ3) is 3.42. The van der Waals surface area contributed by atoms with Crippen LogP contribution in [0.5, 0.6) is 0 Å². The third-order valence-corrected chi connectivity index (χ3v) is 3.75. The molecule has 0 bridgehead atoms. The predicted molar refractivity (Wildman–Crippen MR) is 82.5 cm³/mol. The highest BCUT2D eigenvalue weighted by Gasteiger charge is 2.16. The molecule has 1 N–H and O–H groups in total. The topological polar surface area (TPSA) is 59.8 Å². The second kappa shape index (κ2) is 6.26. The van der Waals surface area contributed by atoms with Gasteiger partial charge in [-0.2, -0.15) is 5.10 Å². The number of nitrogens with one attached hydrogen (secondary N) is 1. The van der Waals surface area contributed by atoms with Gasteiger partial charge in [0.2, 0.25) is 0 Å². The van der Waals surface area contributed by atoms with Gasteiger partial charge in [0.25, 0.3) is 5.91 Å². The van der Waals surface area contributed by atoms with Crippen LogP contribution < -0.4 is 5.32 Å². The fraction of sp³-hybridized carbons (Fsp3) is 0.400. The normalized spacial score (nSPS) is 12.2. The Hall–Kier alpha value is -1.88. The van der Waals surface area contributed by atoms with E-state index in [-0.39, 0.29) is 11.9 Å². The van der Waals surface area contributed by atoms with E-state index in [1.165, 1.54) is 0 Å². The summed E-state index contributed by atoms with van der Waals surface area (Å²) in [6.45, 7) is 5.89. The standard InChI is InChI=1S/C15H19ClN4O/c1-5-12-6-11(7-14(16)19-12)15(21)18-9(2)13-8-17-20(4)10(13)3/h6-9H,5H2,1-4H3,(H,18,21). The van der Waals surface area contributed by atoms with Crippen molar-refractivity contribution >= 4 is 17.5 Å². The Morgan fingerprint density at radius 3 is 2.76 bits per heavy atom. The molecule has 0 radical (unpaired) electrons. The summed E-state index contributed by atoms with van der Waals surface area (Å²) in [6.07, 6.45) is 2.51. The highest BCUT2D eigenvalue weighted by atomic mass is 35.5. The monoisotopic (exact) mass is 306 g/mol. The Balaban J connectivity index is 2.18. The first-order chi connectivity index (χ1) is 9.92. The van der Waals surface area contributed by atoms with Gasteiger partial charge in [0.05, 0.1) is 12.2 Å². The second-order valence-electron chi connectivity index (χ2n) is 5.03. The van der Waals surface area contributed by atoms with Gasteiger partial charge in [-0.3, -0.25) is 9.48 Å². The van der Waals surface area contributed by atoms with E-state index < -0.39 is 0 Å². The molecule has 2 aromatic heterocycles. The minimum absolute atomic E-state index is 0.122. The van der Waals surface area contributed by atoms with Gasteiger partial charge >= 0.3 is 0 Å². The second-order valence-corrected chi connectivity index (χ2v) is 5.41.